The van der Waals surface area contributed by atoms with Crippen LogP contribution in [0, 0.1) is 6.92 Å². The van der Waals surface area contributed by atoms with Crippen molar-refractivity contribution in [2.75, 3.05) is 5.32 Å². The van der Waals surface area contributed by atoms with E-state index in [2.05, 4.69) is 20.6 Å². The van der Waals surface area contributed by atoms with Crippen LogP contribution in [0.1, 0.15) is 31.1 Å². The summed E-state index contributed by atoms with van der Waals surface area (Å²) in [6, 6.07) is 11.5. The van der Waals surface area contributed by atoms with Gasteiger partial charge in [0.25, 0.3) is 0 Å². The summed E-state index contributed by atoms with van der Waals surface area (Å²) in [6.07, 6.45) is 3.70. The Balaban J connectivity index is 1.83. The van der Waals surface area contributed by atoms with Gasteiger partial charge in [0.05, 0.1) is 17.9 Å². The molecule has 0 bridgehead atoms. The van der Waals surface area contributed by atoms with E-state index in [0.29, 0.717) is 0 Å². The van der Waals surface area contributed by atoms with E-state index in [0.717, 1.165) is 28.2 Å². The van der Waals surface area contributed by atoms with Crippen LogP contribution in [0.4, 0.5) is 5.69 Å². The van der Waals surface area contributed by atoms with Gasteiger partial charge in [-0.25, -0.2) is 4.68 Å². The van der Waals surface area contributed by atoms with Crippen LogP contribution < -0.4 is 5.32 Å². The van der Waals surface area contributed by atoms with Gasteiger partial charge in [-0.3, -0.25) is 9.78 Å². The van der Waals surface area contributed by atoms with Crippen molar-refractivity contribution in [3.8, 4) is 11.3 Å². The van der Waals surface area contributed by atoms with Gasteiger partial charge in [0, 0.05) is 24.4 Å². The van der Waals surface area contributed by atoms with Crippen molar-refractivity contribution in [3.05, 3.63) is 60.0 Å². The third-order valence-corrected chi connectivity index (χ3v) is 3.85. The summed E-state index contributed by atoms with van der Waals surface area (Å²) in [7, 11) is 0. The molecule has 1 N–H and O–H groups in total. The van der Waals surface area contributed by atoms with Crippen LogP contribution in [0.5, 0.6) is 0 Å². The number of hydrogen-bond acceptors (Lipinski definition) is 4. The molecule has 0 aliphatic heterocycles. The van der Waals surface area contributed by atoms with E-state index in [4.69, 9.17) is 0 Å². The predicted molar refractivity (Wildman–Crippen MR) is 92.5 cm³/mol. The maximum atomic E-state index is 11.1. The molecule has 0 radical (unpaired) electrons. The summed E-state index contributed by atoms with van der Waals surface area (Å²) >= 11 is 0. The summed E-state index contributed by atoms with van der Waals surface area (Å²) in [5.41, 5.74) is 4.60. The molecule has 24 heavy (non-hydrogen) atoms. The molecular formula is C18H19N5O. The van der Waals surface area contributed by atoms with Gasteiger partial charge in [-0.1, -0.05) is 23.4 Å². The monoisotopic (exact) mass is 321 g/mol. The zero-order valence-electron chi connectivity index (χ0n) is 13.9. The number of hydrogen-bond donors (Lipinski definition) is 1. The van der Waals surface area contributed by atoms with E-state index in [9.17, 15) is 4.79 Å². The van der Waals surface area contributed by atoms with E-state index >= 15 is 0 Å². The minimum Gasteiger partial charge on any atom is -0.326 e. The third kappa shape index (κ3) is 3.32. The van der Waals surface area contributed by atoms with Gasteiger partial charge in [0.15, 0.2) is 0 Å². The Labute approximate surface area is 140 Å². The SMILES string of the molecule is CC(=O)Nc1ccc(-c2cn(C(C)c3ncccc3C)nn2)cc1. The molecule has 0 saturated heterocycles. The maximum Gasteiger partial charge on any atom is 0.221 e. The van der Waals surface area contributed by atoms with Crippen LogP contribution in [0.15, 0.2) is 48.8 Å². The van der Waals surface area contributed by atoms with Gasteiger partial charge in [-0.05, 0) is 37.6 Å². The van der Waals surface area contributed by atoms with Crippen LogP contribution in [0.3, 0.4) is 0 Å². The Bertz CT molecular complexity index is 854. The summed E-state index contributed by atoms with van der Waals surface area (Å²) in [5, 5.41) is 11.2. The fourth-order valence-corrected chi connectivity index (χ4v) is 2.59. The zero-order chi connectivity index (χ0) is 17.1. The standard InChI is InChI=1S/C18H19N5O/c1-12-5-4-10-19-18(12)13(2)23-11-17(21-22-23)15-6-8-16(9-7-15)20-14(3)24/h4-11,13H,1-3H3,(H,20,24). The summed E-state index contributed by atoms with van der Waals surface area (Å²) in [4.78, 5) is 15.5. The van der Waals surface area contributed by atoms with E-state index in [1.807, 2.05) is 61.1 Å². The normalized spacial score (nSPS) is 12.0. The minimum atomic E-state index is -0.0896. The second kappa shape index (κ2) is 6.62. The number of amides is 1. The topological polar surface area (TPSA) is 72.7 Å². The minimum absolute atomic E-state index is 0.00565. The molecule has 6 nitrogen and oxygen atoms in total. The average Bonchev–Trinajstić information content (AvgIpc) is 3.05. The molecular weight excluding hydrogens is 302 g/mol. The number of nitrogens with one attached hydrogen (secondary N) is 1. The molecule has 2 aromatic heterocycles. The Kier molecular flexibility index (Phi) is 4.37. The lowest BCUT2D eigenvalue weighted by molar-refractivity contribution is -0.114. The van der Waals surface area contributed by atoms with Gasteiger partial charge < -0.3 is 5.32 Å². The molecule has 1 amide bonds. The number of benzene rings is 1. The Morgan fingerprint density at radius 3 is 2.62 bits per heavy atom. The van der Waals surface area contributed by atoms with Gasteiger partial charge in [0.1, 0.15) is 5.69 Å². The fraction of sp³-hybridized carbons (Fsp3) is 0.222. The maximum absolute atomic E-state index is 11.1. The van der Waals surface area contributed by atoms with Crippen molar-refractivity contribution >= 4 is 11.6 Å². The van der Waals surface area contributed by atoms with Crippen molar-refractivity contribution in [1.29, 1.82) is 0 Å². The molecule has 0 aliphatic carbocycles. The molecule has 0 saturated carbocycles. The van der Waals surface area contributed by atoms with Crippen molar-refractivity contribution in [3.63, 3.8) is 0 Å². The first-order valence-corrected chi connectivity index (χ1v) is 7.76. The van der Waals surface area contributed by atoms with Crippen LogP contribution >= 0.6 is 0 Å². The number of carbonyl (C=O) groups excluding carboxylic acids is 1. The van der Waals surface area contributed by atoms with Crippen LogP contribution in [0.25, 0.3) is 11.3 Å². The lowest BCUT2D eigenvalue weighted by atomic mass is 10.1. The van der Waals surface area contributed by atoms with Crippen LogP contribution in [0.2, 0.25) is 0 Å². The molecule has 2 heterocycles. The van der Waals surface area contributed by atoms with Gasteiger partial charge in [-0.2, -0.15) is 0 Å². The Morgan fingerprint density at radius 1 is 1.21 bits per heavy atom. The molecule has 1 atom stereocenters. The Morgan fingerprint density at radius 2 is 1.96 bits per heavy atom. The molecule has 0 fully saturated rings. The summed E-state index contributed by atoms with van der Waals surface area (Å²) < 4.78 is 1.81. The number of aryl methyl sites for hydroxylation is 1. The lowest BCUT2D eigenvalue weighted by Gasteiger charge is -2.12. The summed E-state index contributed by atoms with van der Waals surface area (Å²) in [6.45, 7) is 5.57. The number of rotatable bonds is 4. The number of nitrogens with zero attached hydrogens (tertiary/aromatic N) is 4. The van der Waals surface area contributed by atoms with Crippen molar-refractivity contribution in [2.24, 2.45) is 0 Å². The smallest absolute Gasteiger partial charge is 0.221 e. The average molecular weight is 321 g/mol. The molecule has 1 unspecified atom stereocenters. The van der Waals surface area contributed by atoms with Crippen LogP contribution in [-0.2, 0) is 4.79 Å². The molecule has 122 valence electrons. The third-order valence-electron chi connectivity index (χ3n) is 3.85. The van der Waals surface area contributed by atoms with E-state index in [-0.39, 0.29) is 11.9 Å². The van der Waals surface area contributed by atoms with Gasteiger partial charge >= 0.3 is 0 Å². The molecule has 1 aromatic carbocycles. The zero-order valence-corrected chi connectivity index (χ0v) is 13.9. The quantitative estimate of drug-likeness (QED) is 0.801. The second-order valence-electron chi connectivity index (χ2n) is 5.72. The second-order valence-corrected chi connectivity index (χ2v) is 5.72. The molecule has 6 heteroatoms. The highest BCUT2D eigenvalue weighted by molar-refractivity contribution is 5.88. The van der Waals surface area contributed by atoms with Crippen molar-refractivity contribution in [2.45, 2.75) is 26.8 Å². The highest BCUT2D eigenvalue weighted by atomic mass is 16.1. The molecule has 3 rings (SSSR count). The number of carbonyl (C=O) groups is 1. The first-order valence-electron chi connectivity index (χ1n) is 7.76. The largest absolute Gasteiger partial charge is 0.326 e. The van der Waals surface area contributed by atoms with Crippen molar-refractivity contribution < 1.29 is 4.79 Å². The molecule has 0 aliphatic rings. The number of anilines is 1. The Hall–Kier alpha value is -3.02. The highest BCUT2D eigenvalue weighted by Gasteiger charge is 2.14. The van der Waals surface area contributed by atoms with E-state index in [1.54, 1.807) is 6.20 Å². The van der Waals surface area contributed by atoms with Crippen molar-refractivity contribution in [1.82, 2.24) is 20.0 Å². The van der Waals surface area contributed by atoms with E-state index in [1.165, 1.54) is 6.92 Å². The number of pyridine rings is 1. The first-order chi connectivity index (χ1) is 11.5. The van der Waals surface area contributed by atoms with Gasteiger partial charge in [-0.15, -0.1) is 5.10 Å². The highest BCUT2D eigenvalue weighted by Crippen LogP contribution is 2.22. The van der Waals surface area contributed by atoms with Gasteiger partial charge in [0.2, 0.25) is 5.91 Å². The summed E-state index contributed by atoms with van der Waals surface area (Å²) in [5.74, 6) is -0.0896. The molecule has 0 spiro atoms. The fourth-order valence-electron chi connectivity index (χ4n) is 2.59. The lowest BCUT2D eigenvalue weighted by Crippen LogP contribution is -2.10. The van der Waals surface area contributed by atoms with Crippen LogP contribution in [-0.4, -0.2) is 25.9 Å². The molecule has 3 aromatic rings. The predicted octanol–water partition coefficient (Wildman–Crippen LogP) is 3.22. The number of aromatic nitrogens is 4. The first kappa shape index (κ1) is 15.9. The van der Waals surface area contributed by atoms with E-state index < -0.39 is 0 Å².